The number of likely N-dealkylation sites (tertiary alicyclic amines) is 1. The van der Waals surface area contributed by atoms with Crippen LogP contribution in [0.25, 0.3) is 0 Å². The van der Waals surface area contributed by atoms with E-state index in [1.54, 1.807) is 0 Å². The number of hydrogen-bond donors (Lipinski definition) is 1. The first-order chi connectivity index (χ1) is 8.50. The standard InChI is InChI=1S/C16H34N2/c1-6-10-17-15(14(3)4)13-18-11-8-16(5,7-2)9-12-18/h14-15,17H,6-13H2,1-5H3. The molecule has 0 aliphatic carbocycles. The van der Waals surface area contributed by atoms with Gasteiger partial charge in [0.1, 0.15) is 0 Å². The molecule has 1 atom stereocenters. The van der Waals surface area contributed by atoms with E-state index in [0.717, 1.165) is 12.5 Å². The van der Waals surface area contributed by atoms with Crippen molar-refractivity contribution >= 4 is 0 Å². The second-order valence-electron chi connectivity index (χ2n) is 6.77. The lowest BCUT2D eigenvalue weighted by Gasteiger charge is -2.40. The molecule has 1 fully saturated rings. The van der Waals surface area contributed by atoms with Gasteiger partial charge in [0.15, 0.2) is 0 Å². The summed E-state index contributed by atoms with van der Waals surface area (Å²) >= 11 is 0. The summed E-state index contributed by atoms with van der Waals surface area (Å²) in [6, 6.07) is 0.663. The molecule has 0 bridgehead atoms. The Labute approximate surface area is 115 Å². The van der Waals surface area contributed by atoms with E-state index in [-0.39, 0.29) is 0 Å². The summed E-state index contributed by atoms with van der Waals surface area (Å²) in [4.78, 5) is 2.67. The van der Waals surface area contributed by atoms with Gasteiger partial charge in [0.2, 0.25) is 0 Å². The zero-order valence-electron chi connectivity index (χ0n) is 13.3. The fourth-order valence-corrected chi connectivity index (χ4v) is 2.75. The van der Waals surface area contributed by atoms with Crippen LogP contribution in [0.5, 0.6) is 0 Å². The quantitative estimate of drug-likeness (QED) is 0.748. The Morgan fingerprint density at radius 2 is 1.78 bits per heavy atom. The molecule has 18 heavy (non-hydrogen) atoms. The second-order valence-corrected chi connectivity index (χ2v) is 6.77. The van der Waals surface area contributed by atoms with Crippen molar-refractivity contribution in [1.82, 2.24) is 10.2 Å². The third kappa shape index (κ3) is 4.89. The van der Waals surface area contributed by atoms with Gasteiger partial charge in [-0.2, -0.15) is 0 Å². The highest BCUT2D eigenvalue weighted by atomic mass is 15.2. The lowest BCUT2D eigenvalue weighted by atomic mass is 9.78. The van der Waals surface area contributed by atoms with Crippen molar-refractivity contribution in [3.63, 3.8) is 0 Å². The Balaban J connectivity index is 2.37. The highest BCUT2D eigenvalue weighted by molar-refractivity contribution is 4.84. The van der Waals surface area contributed by atoms with Gasteiger partial charge in [0.05, 0.1) is 0 Å². The van der Waals surface area contributed by atoms with E-state index in [9.17, 15) is 0 Å². The highest BCUT2D eigenvalue weighted by Gasteiger charge is 2.29. The molecular formula is C16H34N2. The van der Waals surface area contributed by atoms with E-state index in [1.807, 2.05) is 0 Å². The molecule has 1 aliphatic rings. The number of nitrogens with zero attached hydrogens (tertiary/aromatic N) is 1. The van der Waals surface area contributed by atoms with E-state index in [2.05, 4.69) is 44.8 Å². The maximum Gasteiger partial charge on any atom is 0.0217 e. The summed E-state index contributed by atoms with van der Waals surface area (Å²) in [5.74, 6) is 0.732. The molecular weight excluding hydrogens is 220 g/mol. The number of hydrogen-bond acceptors (Lipinski definition) is 2. The Morgan fingerprint density at radius 1 is 1.17 bits per heavy atom. The third-order valence-electron chi connectivity index (χ3n) is 4.83. The Morgan fingerprint density at radius 3 is 2.22 bits per heavy atom. The molecule has 0 amide bonds. The molecule has 0 aromatic heterocycles. The second kappa shape index (κ2) is 7.49. The van der Waals surface area contributed by atoms with Crippen molar-refractivity contribution in [1.29, 1.82) is 0 Å². The molecule has 1 aliphatic heterocycles. The highest BCUT2D eigenvalue weighted by Crippen LogP contribution is 2.33. The van der Waals surface area contributed by atoms with Gasteiger partial charge in [-0.15, -0.1) is 0 Å². The SMILES string of the molecule is CCCNC(CN1CCC(C)(CC)CC1)C(C)C. The largest absolute Gasteiger partial charge is 0.312 e. The van der Waals surface area contributed by atoms with Gasteiger partial charge in [-0.05, 0) is 50.2 Å². The average Bonchev–Trinajstić information content (AvgIpc) is 2.36. The lowest BCUT2D eigenvalue weighted by molar-refractivity contribution is 0.100. The topological polar surface area (TPSA) is 15.3 Å². The van der Waals surface area contributed by atoms with Crippen LogP contribution in [0, 0.1) is 11.3 Å². The van der Waals surface area contributed by atoms with E-state index in [1.165, 1.54) is 45.3 Å². The minimum absolute atomic E-state index is 0.612. The van der Waals surface area contributed by atoms with Crippen molar-refractivity contribution in [2.75, 3.05) is 26.2 Å². The third-order valence-corrected chi connectivity index (χ3v) is 4.83. The van der Waals surface area contributed by atoms with Gasteiger partial charge < -0.3 is 10.2 Å². The van der Waals surface area contributed by atoms with Crippen LogP contribution in [0.15, 0.2) is 0 Å². The molecule has 1 heterocycles. The van der Waals surface area contributed by atoms with Gasteiger partial charge in [-0.1, -0.05) is 41.0 Å². The van der Waals surface area contributed by atoms with E-state index in [4.69, 9.17) is 0 Å². The predicted octanol–water partition coefficient (Wildman–Crippen LogP) is 3.52. The molecule has 1 unspecified atom stereocenters. The molecule has 0 saturated carbocycles. The minimum atomic E-state index is 0.612. The van der Waals surface area contributed by atoms with Gasteiger partial charge in [0.25, 0.3) is 0 Å². The van der Waals surface area contributed by atoms with Crippen molar-refractivity contribution < 1.29 is 0 Å². The number of rotatable bonds is 7. The normalized spacial score (nSPS) is 22.3. The van der Waals surface area contributed by atoms with Crippen LogP contribution in [0.3, 0.4) is 0 Å². The van der Waals surface area contributed by atoms with Gasteiger partial charge in [-0.3, -0.25) is 0 Å². The molecule has 0 aromatic carbocycles. The van der Waals surface area contributed by atoms with Crippen LogP contribution in [0.1, 0.15) is 60.3 Å². The minimum Gasteiger partial charge on any atom is -0.312 e. The summed E-state index contributed by atoms with van der Waals surface area (Å²) in [5.41, 5.74) is 0.612. The molecule has 108 valence electrons. The summed E-state index contributed by atoms with van der Waals surface area (Å²) in [6.45, 7) is 16.7. The Bertz CT molecular complexity index is 217. The summed E-state index contributed by atoms with van der Waals surface area (Å²) in [5, 5.41) is 3.71. The molecule has 1 N–H and O–H groups in total. The molecule has 0 spiro atoms. The van der Waals surface area contributed by atoms with E-state index >= 15 is 0 Å². The van der Waals surface area contributed by atoms with Gasteiger partial charge in [-0.25, -0.2) is 0 Å². The molecule has 0 aromatic rings. The lowest BCUT2D eigenvalue weighted by Crippen LogP contribution is -2.48. The average molecular weight is 254 g/mol. The molecule has 2 heteroatoms. The van der Waals surface area contributed by atoms with Crippen LogP contribution in [0.4, 0.5) is 0 Å². The molecule has 0 radical (unpaired) electrons. The van der Waals surface area contributed by atoms with E-state index < -0.39 is 0 Å². The zero-order valence-corrected chi connectivity index (χ0v) is 13.3. The molecule has 1 saturated heterocycles. The maximum absolute atomic E-state index is 3.71. The Kier molecular flexibility index (Phi) is 6.65. The first-order valence-electron chi connectivity index (χ1n) is 7.96. The van der Waals surface area contributed by atoms with Crippen LogP contribution in [0.2, 0.25) is 0 Å². The first kappa shape index (κ1) is 16.0. The van der Waals surface area contributed by atoms with Crippen LogP contribution < -0.4 is 5.32 Å². The maximum atomic E-state index is 3.71. The predicted molar refractivity (Wildman–Crippen MR) is 81.0 cm³/mol. The van der Waals surface area contributed by atoms with E-state index in [0.29, 0.717) is 11.5 Å². The summed E-state index contributed by atoms with van der Waals surface area (Å²) in [7, 11) is 0. The number of piperidine rings is 1. The molecule has 2 nitrogen and oxygen atoms in total. The van der Waals surface area contributed by atoms with Crippen molar-refractivity contribution in [2.45, 2.75) is 66.3 Å². The van der Waals surface area contributed by atoms with Crippen LogP contribution >= 0.6 is 0 Å². The van der Waals surface area contributed by atoms with Gasteiger partial charge in [0, 0.05) is 12.6 Å². The van der Waals surface area contributed by atoms with Crippen molar-refractivity contribution in [2.24, 2.45) is 11.3 Å². The fourth-order valence-electron chi connectivity index (χ4n) is 2.75. The van der Waals surface area contributed by atoms with Crippen LogP contribution in [-0.2, 0) is 0 Å². The number of nitrogens with one attached hydrogen (secondary N) is 1. The monoisotopic (exact) mass is 254 g/mol. The summed E-state index contributed by atoms with van der Waals surface area (Å²) < 4.78 is 0. The fraction of sp³-hybridized carbons (Fsp3) is 1.00. The van der Waals surface area contributed by atoms with Crippen molar-refractivity contribution in [3.8, 4) is 0 Å². The van der Waals surface area contributed by atoms with Gasteiger partial charge >= 0.3 is 0 Å². The summed E-state index contributed by atoms with van der Waals surface area (Å²) in [6.07, 6.45) is 5.32. The Hall–Kier alpha value is -0.0800. The zero-order chi connectivity index (χ0) is 13.6. The first-order valence-corrected chi connectivity index (χ1v) is 7.96. The smallest absolute Gasteiger partial charge is 0.0217 e. The van der Waals surface area contributed by atoms with Crippen LogP contribution in [-0.4, -0.2) is 37.1 Å². The van der Waals surface area contributed by atoms with Crippen molar-refractivity contribution in [3.05, 3.63) is 0 Å². The molecule has 1 rings (SSSR count).